The average Bonchev–Trinajstić information content (AvgIpc) is 2.73. The normalized spacial score (nSPS) is 18.4. The van der Waals surface area contributed by atoms with Gasteiger partial charge in [-0.1, -0.05) is 36.4 Å². The van der Waals surface area contributed by atoms with Gasteiger partial charge in [0.2, 0.25) is 0 Å². The molecule has 1 atom stereocenters. The summed E-state index contributed by atoms with van der Waals surface area (Å²) in [5.41, 5.74) is 2.67. The molecule has 0 aliphatic carbocycles. The monoisotopic (exact) mass is 453 g/mol. The van der Waals surface area contributed by atoms with Crippen LogP contribution in [0.25, 0.3) is 0 Å². The average molecular weight is 454 g/mol. The van der Waals surface area contributed by atoms with E-state index in [1.54, 1.807) is 29.0 Å². The van der Waals surface area contributed by atoms with E-state index < -0.39 is 5.60 Å². The fourth-order valence-corrected chi connectivity index (χ4v) is 4.62. The number of rotatable bonds is 3. The van der Waals surface area contributed by atoms with Gasteiger partial charge in [0.25, 0.3) is 0 Å². The maximum atomic E-state index is 13.6. The number of halogens is 1. The van der Waals surface area contributed by atoms with E-state index in [0.29, 0.717) is 26.2 Å². The highest BCUT2D eigenvalue weighted by Gasteiger charge is 2.37. The third-order valence-corrected chi connectivity index (χ3v) is 6.18. The second-order valence-corrected chi connectivity index (χ2v) is 10.0. The molecule has 2 aliphatic rings. The quantitative estimate of drug-likeness (QED) is 0.677. The Hall–Kier alpha value is -3.09. The number of hydrogen-bond donors (Lipinski definition) is 0. The van der Waals surface area contributed by atoms with Crippen molar-refractivity contribution in [1.82, 2.24) is 14.7 Å². The highest BCUT2D eigenvalue weighted by Crippen LogP contribution is 2.36. The molecule has 1 unspecified atom stereocenters. The Bertz CT molecular complexity index is 1010. The topological polar surface area (TPSA) is 53.1 Å². The smallest absolute Gasteiger partial charge is 0.410 e. The van der Waals surface area contributed by atoms with Gasteiger partial charge in [0.15, 0.2) is 0 Å². The van der Waals surface area contributed by atoms with Crippen LogP contribution < -0.4 is 0 Å². The number of urea groups is 1. The molecule has 0 N–H and O–H groups in total. The number of carbonyl (C=O) groups is 2. The Balaban J connectivity index is 1.44. The fraction of sp³-hybridized carbons (Fsp3) is 0.462. The third kappa shape index (κ3) is 5.13. The van der Waals surface area contributed by atoms with Crippen molar-refractivity contribution in [2.75, 3.05) is 33.2 Å². The van der Waals surface area contributed by atoms with Gasteiger partial charge in [0, 0.05) is 39.1 Å². The van der Waals surface area contributed by atoms with Gasteiger partial charge >= 0.3 is 12.1 Å². The highest BCUT2D eigenvalue weighted by molar-refractivity contribution is 5.76. The number of hydrogen-bond acceptors (Lipinski definition) is 3. The lowest BCUT2D eigenvalue weighted by molar-refractivity contribution is -0.00433. The van der Waals surface area contributed by atoms with Crippen LogP contribution >= 0.6 is 0 Å². The summed E-state index contributed by atoms with van der Waals surface area (Å²) in [6, 6.07) is 14.2. The van der Waals surface area contributed by atoms with Crippen LogP contribution in [0.3, 0.4) is 0 Å². The molecule has 1 fully saturated rings. The first-order chi connectivity index (χ1) is 15.6. The molecule has 0 aromatic heterocycles. The molecule has 0 radical (unpaired) electrons. The number of benzene rings is 2. The standard InChI is InChI=1S/C26H32FN3O3/c1-26(2,3)33-25(32)29-16-18(17-29)15-28(4)24(31)30-14-13-19-7-5-6-8-22(19)23(30)20-9-11-21(27)12-10-20/h5-12,18,23H,13-17H2,1-4H3. The van der Waals surface area contributed by atoms with E-state index in [9.17, 15) is 14.0 Å². The van der Waals surface area contributed by atoms with Gasteiger partial charge in [0.05, 0.1) is 6.04 Å². The Morgan fingerprint density at radius 2 is 1.76 bits per heavy atom. The largest absolute Gasteiger partial charge is 0.444 e. The van der Waals surface area contributed by atoms with E-state index in [-0.39, 0.29) is 29.9 Å². The van der Waals surface area contributed by atoms with Crippen molar-refractivity contribution < 1.29 is 18.7 Å². The zero-order valence-corrected chi connectivity index (χ0v) is 19.8. The van der Waals surface area contributed by atoms with Gasteiger partial charge in [-0.05, 0) is 56.0 Å². The van der Waals surface area contributed by atoms with Crippen LogP contribution in [-0.2, 0) is 11.2 Å². The Labute approximate surface area is 194 Å². The minimum atomic E-state index is -0.519. The van der Waals surface area contributed by atoms with E-state index in [2.05, 4.69) is 6.07 Å². The summed E-state index contributed by atoms with van der Waals surface area (Å²) in [6.07, 6.45) is 0.472. The molecule has 4 rings (SSSR count). The van der Waals surface area contributed by atoms with Gasteiger partial charge in [-0.2, -0.15) is 0 Å². The molecular weight excluding hydrogens is 421 g/mol. The minimum Gasteiger partial charge on any atom is -0.444 e. The van der Waals surface area contributed by atoms with Crippen LogP contribution in [0.15, 0.2) is 48.5 Å². The Kier molecular flexibility index (Phi) is 6.32. The van der Waals surface area contributed by atoms with Gasteiger partial charge < -0.3 is 19.4 Å². The summed E-state index contributed by atoms with van der Waals surface area (Å²) >= 11 is 0. The summed E-state index contributed by atoms with van der Waals surface area (Å²) in [4.78, 5) is 31.0. The van der Waals surface area contributed by atoms with Crippen molar-refractivity contribution in [1.29, 1.82) is 0 Å². The number of carbonyl (C=O) groups excluding carboxylic acids is 2. The lowest BCUT2D eigenvalue weighted by Crippen LogP contribution is -2.56. The highest BCUT2D eigenvalue weighted by atomic mass is 19.1. The fourth-order valence-electron chi connectivity index (χ4n) is 4.62. The maximum absolute atomic E-state index is 13.6. The summed E-state index contributed by atoms with van der Waals surface area (Å²) < 4.78 is 19.0. The molecule has 3 amide bonds. The number of nitrogens with zero attached hydrogens (tertiary/aromatic N) is 3. The molecule has 6 nitrogen and oxygen atoms in total. The SMILES string of the molecule is CN(CC1CN(C(=O)OC(C)(C)C)C1)C(=O)N1CCc2ccccc2C1c1ccc(F)cc1. The predicted molar refractivity (Wildman–Crippen MR) is 124 cm³/mol. The summed E-state index contributed by atoms with van der Waals surface area (Å²) in [5, 5.41) is 0. The molecule has 7 heteroatoms. The van der Waals surface area contributed by atoms with Gasteiger partial charge in [-0.3, -0.25) is 0 Å². The summed E-state index contributed by atoms with van der Waals surface area (Å²) in [6.45, 7) is 7.87. The van der Waals surface area contributed by atoms with E-state index in [0.717, 1.165) is 17.5 Å². The lowest BCUT2D eigenvalue weighted by Gasteiger charge is -2.43. The molecule has 33 heavy (non-hydrogen) atoms. The molecule has 176 valence electrons. The van der Waals surface area contributed by atoms with Crippen LogP contribution in [0, 0.1) is 11.7 Å². The van der Waals surface area contributed by atoms with Crippen LogP contribution in [0.5, 0.6) is 0 Å². The molecule has 1 saturated heterocycles. The Morgan fingerprint density at radius 3 is 2.42 bits per heavy atom. The van der Waals surface area contributed by atoms with E-state index in [1.807, 2.05) is 43.9 Å². The third-order valence-electron chi connectivity index (χ3n) is 6.18. The first-order valence-electron chi connectivity index (χ1n) is 11.5. The van der Waals surface area contributed by atoms with Crippen molar-refractivity contribution in [3.8, 4) is 0 Å². The van der Waals surface area contributed by atoms with E-state index in [1.165, 1.54) is 17.7 Å². The molecular formula is C26H32FN3O3. The summed E-state index contributed by atoms with van der Waals surface area (Å²) in [5.74, 6) is -0.0785. The number of amides is 3. The van der Waals surface area contributed by atoms with Gasteiger partial charge in [-0.25, -0.2) is 14.0 Å². The van der Waals surface area contributed by atoms with Crippen LogP contribution in [0.4, 0.5) is 14.0 Å². The molecule has 2 aromatic carbocycles. The van der Waals surface area contributed by atoms with E-state index >= 15 is 0 Å². The Morgan fingerprint density at radius 1 is 1.09 bits per heavy atom. The molecule has 0 saturated carbocycles. The van der Waals surface area contributed by atoms with Crippen molar-refractivity contribution in [2.45, 2.75) is 38.8 Å². The van der Waals surface area contributed by atoms with Crippen LogP contribution in [0.2, 0.25) is 0 Å². The van der Waals surface area contributed by atoms with Crippen LogP contribution in [-0.4, -0.2) is 65.7 Å². The first kappa shape index (κ1) is 23.1. The number of ether oxygens (including phenoxy) is 1. The minimum absolute atomic E-state index is 0.0606. The zero-order chi connectivity index (χ0) is 23.8. The molecule has 2 aliphatic heterocycles. The lowest BCUT2D eigenvalue weighted by atomic mass is 9.88. The van der Waals surface area contributed by atoms with Crippen LogP contribution in [0.1, 0.15) is 43.5 Å². The molecule has 0 bridgehead atoms. The predicted octanol–water partition coefficient (Wildman–Crippen LogP) is 4.69. The number of fused-ring (bicyclic) bond motifs is 1. The number of likely N-dealkylation sites (tertiary alicyclic amines) is 1. The van der Waals surface area contributed by atoms with Crippen molar-refractivity contribution in [3.63, 3.8) is 0 Å². The molecule has 0 spiro atoms. The first-order valence-corrected chi connectivity index (χ1v) is 11.5. The van der Waals surface area contributed by atoms with Gasteiger partial charge in [0.1, 0.15) is 11.4 Å². The molecule has 2 heterocycles. The zero-order valence-electron chi connectivity index (χ0n) is 19.8. The van der Waals surface area contributed by atoms with E-state index in [4.69, 9.17) is 4.74 Å². The van der Waals surface area contributed by atoms with Crippen molar-refractivity contribution >= 4 is 12.1 Å². The second kappa shape index (κ2) is 9.04. The van der Waals surface area contributed by atoms with Crippen molar-refractivity contribution in [3.05, 3.63) is 71.0 Å². The van der Waals surface area contributed by atoms with Gasteiger partial charge in [-0.15, -0.1) is 0 Å². The maximum Gasteiger partial charge on any atom is 0.410 e. The summed E-state index contributed by atoms with van der Waals surface area (Å²) in [7, 11) is 1.81. The second-order valence-electron chi connectivity index (χ2n) is 10.0. The van der Waals surface area contributed by atoms with Crippen molar-refractivity contribution in [2.24, 2.45) is 5.92 Å². The molecule has 2 aromatic rings.